The summed E-state index contributed by atoms with van der Waals surface area (Å²) < 4.78 is 0. The largest absolute Gasteiger partial charge is 0.306 e. The second-order valence-corrected chi connectivity index (χ2v) is 15.1. The van der Waals surface area contributed by atoms with Crippen LogP contribution in [0.2, 0.25) is 0 Å². The van der Waals surface area contributed by atoms with Crippen LogP contribution in [0.15, 0.2) is 212 Å². The monoisotopic (exact) mass is 798 g/mol. The van der Waals surface area contributed by atoms with Crippen LogP contribution >= 0.6 is 0 Å². The zero-order chi connectivity index (χ0) is 41.2. The number of aromatic nitrogens is 6. The maximum absolute atomic E-state index is 5.11. The standard InChI is InChI=1S/C54H38N8/c1-5-19-37(20-6-1)49-55-50(38-21-7-2-8-22-38)58-53(57-49)41-27-17-29-43(35-41)61-45-31-13-15-33-47(45)62(48-34-16-14-32-46(48)61)44-30-18-28-42(36-44)54-59-51(39-23-9-3-10-24-39)56-52(60-54)40-25-11-4-12-26-40/h1-25,27-36,40H,26H2. The molecule has 8 heteroatoms. The van der Waals surface area contributed by atoms with E-state index in [1.807, 2.05) is 91.0 Å². The first-order valence-corrected chi connectivity index (χ1v) is 20.7. The number of hydrogen-bond donors (Lipinski definition) is 0. The summed E-state index contributed by atoms with van der Waals surface area (Å²) in [4.78, 5) is 34.8. The van der Waals surface area contributed by atoms with Gasteiger partial charge in [-0.25, -0.2) is 29.9 Å². The van der Waals surface area contributed by atoms with Gasteiger partial charge in [0.1, 0.15) is 5.82 Å². The van der Waals surface area contributed by atoms with Gasteiger partial charge >= 0.3 is 0 Å². The second-order valence-electron chi connectivity index (χ2n) is 15.1. The molecule has 2 aromatic heterocycles. The number of anilines is 6. The first-order chi connectivity index (χ1) is 30.7. The molecule has 0 fully saturated rings. The van der Waals surface area contributed by atoms with Crippen LogP contribution in [0.1, 0.15) is 18.2 Å². The van der Waals surface area contributed by atoms with E-state index in [2.05, 4.69) is 131 Å². The summed E-state index contributed by atoms with van der Waals surface area (Å²) in [5.41, 5.74) is 10.7. The van der Waals surface area contributed by atoms with Crippen LogP contribution in [0.25, 0.3) is 56.9 Å². The third-order valence-corrected chi connectivity index (χ3v) is 11.1. The van der Waals surface area contributed by atoms with Crippen LogP contribution in [-0.2, 0) is 0 Å². The highest BCUT2D eigenvalue weighted by Gasteiger charge is 2.31. The minimum absolute atomic E-state index is 0.0691. The van der Waals surface area contributed by atoms with Gasteiger partial charge in [-0.15, -0.1) is 0 Å². The smallest absolute Gasteiger partial charge is 0.164 e. The average Bonchev–Trinajstić information content (AvgIpc) is 3.36. The highest BCUT2D eigenvalue weighted by atomic mass is 15.3. The molecule has 0 saturated heterocycles. The van der Waals surface area contributed by atoms with Crippen molar-refractivity contribution in [3.05, 3.63) is 218 Å². The summed E-state index contributed by atoms with van der Waals surface area (Å²) >= 11 is 0. The minimum atomic E-state index is 0.0691. The molecule has 0 spiro atoms. The fraction of sp³-hybridized carbons (Fsp3) is 0.0370. The Morgan fingerprint density at radius 2 is 0.694 bits per heavy atom. The predicted molar refractivity (Wildman–Crippen MR) is 249 cm³/mol. The van der Waals surface area contributed by atoms with E-state index in [1.165, 1.54) is 0 Å². The van der Waals surface area contributed by atoms with E-state index in [0.29, 0.717) is 29.1 Å². The molecule has 294 valence electrons. The highest BCUT2D eigenvalue weighted by molar-refractivity contribution is 6.02. The maximum atomic E-state index is 5.11. The van der Waals surface area contributed by atoms with Crippen LogP contribution in [0.5, 0.6) is 0 Å². The van der Waals surface area contributed by atoms with E-state index < -0.39 is 0 Å². The Hall–Kier alpha value is -8.36. The Kier molecular flexibility index (Phi) is 9.48. The zero-order valence-corrected chi connectivity index (χ0v) is 33.6. The fourth-order valence-corrected chi connectivity index (χ4v) is 8.18. The first kappa shape index (κ1) is 36.7. The van der Waals surface area contributed by atoms with Crippen molar-refractivity contribution in [3.63, 3.8) is 0 Å². The Morgan fingerprint density at radius 3 is 1.10 bits per heavy atom. The Balaban J connectivity index is 1.01. The van der Waals surface area contributed by atoms with Gasteiger partial charge < -0.3 is 9.80 Å². The van der Waals surface area contributed by atoms with Crippen LogP contribution in [-0.4, -0.2) is 29.9 Å². The molecule has 1 unspecified atom stereocenters. The van der Waals surface area contributed by atoms with Crippen molar-refractivity contribution in [1.82, 2.24) is 29.9 Å². The predicted octanol–water partition coefficient (Wildman–Crippen LogP) is 13.2. The van der Waals surface area contributed by atoms with Gasteiger partial charge in [-0.3, -0.25) is 0 Å². The van der Waals surface area contributed by atoms with Crippen LogP contribution in [0, 0.1) is 0 Å². The third kappa shape index (κ3) is 6.99. The van der Waals surface area contributed by atoms with Crippen molar-refractivity contribution in [2.75, 3.05) is 9.80 Å². The molecule has 62 heavy (non-hydrogen) atoms. The quantitative estimate of drug-likeness (QED) is 0.150. The number of rotatable bonds is 8. The van der Waals surface area contributed by atoms with E-state index in [0.717, 1.165) is 74.2 Å². The Bertz CT molecular complexity index is 3030. The van der Waals surface area contributed by atoms with Gasteiger partial charge in [0.15, 0.2) is 29.1 Å². The lowest BCUT2D eigenvalue weighted by molar-refractivity contribution is 0.764. The number of allylic oxidation sites excluding steroid dienone is 4. The SMILES string of the molecule is C1=CCC(c2nc(-c3ccccc3)nc(-c3cccc(N4c5ccccc5N(c5cccc(-c6nc(-c7ccccc7)nc(-c7ccccc7)n6)c5)c5ccccc54)c3)n2)C=C1. The van der Waals surface area contributed by atoms with Crippen molar-refractivity contribution >= 4 is 34.1 Å². The van der Waals surface area contributed by atoms with Gasteiger partial charge in [-0.2, -0.15) is 0 Å². The molecular weight excluding hydrogens is 761 g/mol. The molecule has 0 radical (unpaired) electrons. The molecule has 1 aliphatic carbocycles. The van der Waals surface area contributed by atoms with E-state index in [4.69, 9.17) is 29.9 Å². The number of para-hydroxylation sites is 4. The summed E-state index contributed by atoms with van der Waals surface area (Å²) in [6, 6.07) is 64.3. The van der Waals surface area contributed by atoms with E-state index in [-0.39, 0.29) is 5.92 Å². The van der Waals surface area contributed by atoms with Crippen LogP contribution < -0.4 is 9.80 Å². The van der Waals surface area contributed by atoms with Crippen LogP contribution in [0.3, 0.4) is 0 Å². The topological polar surface area (TPSA) is 83.8 Å². The molecular formula is C54H38N8. The molecule has 0 saturated carbocycles. The fourth-order valence-electron chi connectivity index (χ4n) is 8.18. The first-order valence-electron chi connectivity index (χ1n) is 20.7. The average molecular weight is 799 g/mol. The lowest BCUT2D eigenvalue weighted by atomic mass is 10.00. The van der Waals surface area contributed by atoms with Crippen molar-refractivity contribution in [1.29, 1.82) is 0 Å². The number of benzene rings is 7. The van der Waals surface area contributed by atoms with Gasteiger partial charge in [-0.05, 0) is 55.0 Å². The third-order valence-electron chi connectivity index (χ3n) is 11.1. The van der Waals surface area contributed by atoms with Crippen molar-refractivity contribution in [3.8, 4) is 56.9 Å². The molecule has 7 aromatic carbocycles. The normalized spacial score (nSPS) is 14.0. The summed E-state index contributed by atoms with van der Waals surface area (Å²) in [7, 11) is 0. The molecule has 8 nitrogen and oxygen atoms in total. The summed E-state index contributed by atoms with van der Waals surface area (Å²) in [5, 5.41) is 0. The number of hydrogen-bond acceptors (Lipinski definition) is 8. The summed E-state index contributed by atoms with van der Waals surface area (Å²) in [5.74, 6) is 3.98. The molecule has 1 atom stereocenters. The number of fused-ring (bicyclic) bond motifs is 2. The van der Waals surface area contributed by atoms with Gasteiger partial charge in [0.05, 0.1) is 22.7 Å². The molecule has 9 aromatic rings. The molecule has 1 aliphatic heterocycles. The summed E-state index contributed by atoms with van der Waals surface area (Å²) in [6.45, 7) is 0. The minimum Gasteiger partial charge on any atom is -0.306 e. The van der Waals surface area contributed by atoms with E-state index >= 15 is 0 Å². The van der Waals surface area contributed by atoms with Gasteiger partial charge in [0, 0.05) is 45.1 Å². The number of nitrogens with zero attached hydrogens (tertiary/aromatic N) is 8. The van der Waals surface area contributed by atoms with Gasteiger partial charge in [-0.1, -0.05) is 164 Å². The highest BCUT2D eigenvalue weighted by Crippen LogP contribution is 2.54. The van der Waals surface area contributed by atoms with Gasteiger partial charge in [0.25, 0.3) is 0 Å². The molecule has 3 heterocycles. The van der Waals surface area contributed by atoms with Crippen molar-refractivity contribution in [2.24, 2.45) is 0 Å². The second kappa shape index (κ2) is 16.0. The lowest BCUT2D eigenvalue weighted by Gasteiger charge is -2.40. The van der Waals surface area contributed by atoms with E-state index in [9.17, 15) is 0 Å². The molecule has 0 amide bonds. The lowest BCUT2D eigenvalue weighted by Crippen LogP contribution is -2.24. The molecule has 11 rings (SSSR count). The Morgan fingerprint density at radius 1 is 0.339 bits per heavy atom. The van der Waals surface area contributed by atoms with E-state index in [1.54, 1.807) is 0 Å². The molecule has 0 bridgehead atoms. The van der Waals surface area contributed by atoms with Gasteiger partial charge in [0.2, 0.25) is 0 Å². The zero-order valence-electron chi connectivity index (χ0n) is 33.6. The van der Waals surface area contributed by atoms with Crippen molar-refractivity contribution < 1.29 is 0 Å². The maximum Gasteiger partial charge on any atom is 0.164 e. The van der Waals surface area contributed by atoms with Crippen molar-refractivity contribution in [2.45, 2.75) is 12.3 Å². The van der Waals surface area contributed by atoms with Crippen LogP contribution in [0.4, 0.5) is 34.1 Å². The summed E-state index contributed by atoms with van der Waals surface area (Å²) in [6.07, 6.45) is 9.32. The molecule has 0 N–H and O–H groups in total. The molecule has 2 aliphatic rings. The Labute approximate surface area is 360 Å².